The first kappa shape index (κ1) is 18.6. The van der Waals surface area contributed by atoms with Gasteiger partial charge in [0.05, 0.1) is 6.10 Å². The van der Waals surface area contributed by atoms with Crippen molar-refractivity contribution in [1.82, 2.24) is 5.32 Å². The minimum Gasteiger partial charge on any atom is -0.489 e. The number of nitrogens with one attached hydrogen (secondary N) is 1. The van der Waals surface area contributed by atoms with Crippen LogP contribution in [0, 0.1) is 0 Å². The lowest BCUT2D eigenvalue weighted by atomic mass is 10.1. The molecule has 0 amide bonds. The maximum Gasteiger partial charge on any atom is 0.124 e. The molecule has 0 aromatic heterocycles. The van der Waals surface area contributed by atoms with Gasteiger partial charge in [-0.25, -0.2) is 0 Å². The van der Waals surface area contributed by atoms with Crippen LogP contribution in [-0.4, -0.2) is 11.7 Å². The standard InChI is InChI=1S/C22H22BrNO2/c23-20-11-12-22(26-16-17-7-3-1-4-8-17)19(13-20)14-24-15-21(25)18-9-5-2-6-10-18/h1-13,21,24-25H,14-16H2. The van der Waals surface area contributed by atoms with Crippen LogP contribution < -0.4 is 10.1 Å². The number of hydrogen-bond donors (Lipinski definition) is 2. The van der Waals surface area contributed by atoms with Gasteiger partial charge < -0.3 is 15.2 Å². The molecule has 3 rings (SSSR count). The Kier molecular flexibility index (Phi) is 6.83. The van der Waals surface area contributed by atoms with Crippen LogP contribution in [0.25, 0.3) is 0 Å². The molecule has 0 fully saturated rings. The van der Waals surface area contributed by atoms with E-state index in [0.29, 0.717) is 19.7 Å². The van der Waals surface area contributed by atoms with Gasteiger partial charge in [0.25, 0.3) is 0 Å². The van der Waals surface area contributed by atoms with Crippen molar-refractivity contribution in [3.63, 3.8) is 0 Å². The summed E-state index contributed by atoms with van der Waals surface area (Å²) in [7, 11) is 0. The summed E-state index contributed by atoms with van der Waals surface area (Å²) in [5, 5.41) is 13.6. The average molecular weight is 412 g/mol. The highest BCUT2D eigenvalue weighted by molar-refractivity contribution is 9.10. The molecule has 0 aliphatic heterocycles. The van der Waals surface area contributed by atoms with Gasteiger partial charge in [-0.05, 0) is 29.3 Å². The van der Waals surface area contributed by atoms with Gasteiger partial charge in [-0.2, -0.15) is 0 Å². The van der Waals surface area contributed by atoms with Crippen LogP contribution in [0.2, 0.25) is 0 Å². The van der Waals surface area contributed by atoms with Gasteiger partial charge in [0.15, 0.2) is 0 Å². The summed E-state index contributed by atoms with van der Waals surface area (Å²) in [6.07, 6.45) is -0.531. The summed E-state index contributed by atoms with van der Waals surface area (Å²) in [6, 6.07) is 25.8. The van der Waals surface area contributed by atoms with Crippen LogP contribution in [0.4, 0.5) is 0 Å². The van der Waals surface area contributed by atoms with Crippen LogP contribution in [0.5, 0.6) is 5.75 Å². The fraction of sp³-hybridized carbons (Fsp3) is 0.182. The lowest BCUT2D eigenvalue weighted by Gasteiger charge is -2.15. The molecule has 0 saturated carbocycles. The van der Waals surface area contributed by atoms with Crippen molar-refractivity contribution in [2.24, 2.45) is 0 Å². The van der Waals surface area contributed by atoms with Crippen LogP contribution in [-0.2, 0) is 13.2 Å². The smallest absolute Gasteiger partial charge is 0.124 e. The number of rotatable bonds is 8. The Bertz CT molecular complexity index is 809. The van der Waals surface area contributed by atoms with Crippen molar-refractivity contribution in [2.45, 2.75) is 19.3 Å². The highest BCUT2D eigenvalue weighted by atomic mass is 79.9. The third kappa shape index (κ3) is 5.43. The number of benzene rings is 3. The molecular weight excluding hydrogens is 390 g/mol. The zero-order valence-corrected chi connectivity index (χ0v) is 16.0. The minimum atomic E-state index is -0.531. The molecule has 0 radical (unpaired) electrons. The first-order valence-corrected chi connectivity index (χ1v) is 9.40. The number of aliphatic hydroxyl groups is 1. The van der Waals surface area contributed by atoms with Crippen LogP contribution in [0.1, 0.15) is 22.8 Å². The van der Waals surface area contributed by atoms with E-state index >= 15 is 0 Å². The normalized spacial score (nSPS) is 11.9. The van der Waals surface area contributed by atoms with Gasteiger partial charge in [0, 0.05) is 23.1 Å². The molecule has 0 spiro atoms. The molecule has 0 saturated heterocycles. The van der Waals surface area contributed by atoms with E-state index in [0.717, 1.165) is 26.9 Å². The average Bonchev–Trinajstić information content (AvgIpc) is 2.69. The molecular formula is C22H22BrNO2. The molecule has 1 unspecified atom stereocenters. The molecule has 0 heterocycles. The highest BCUT2D eigenvalue weighted by Crippen LogP contribution is 2.24. The lowest BCUT2D eigenvalue weighted by molar-refractivity contribution is 0.174. The third-order valence-corrected chi connectivity index (χ3v) is 4.59. The van der Waals surface area contributed by atoms with Crippen molar-refractivity contribution in [2.75, 3.05) is 6.54 Å². The summed E-state index contributed by atoms with van der Waals surface area (Å²) in [6.45, 7) is 1.63. The Morgan fingerprint density at radius 3 is 2.35 bits per heavy atom. The quantitative estimate of drug-likeness (QED) is 0.556. The number of ether oxygens (including phenoxy) is 1. The monoisotopic (exact) mass is 411 g/mol. The van der Waals surface area contributed by atoms with Crippen molar-refractivity contribution >= 4 is 15.9 Å². The van der Waals surface area contributed by atoms with Crippen molar-refractivity contribution in [1.29, 1.82) is 0 Å². The van der Waals surface area contributed by atoms with Gasteiger partial charge in [-0.1, -0.05) is 76.6 Å². The second-order valence-electron chi connectivity index (χ2n) is 6.08. The summed E-state index contributed by atoms with van der Waals surface area (Å²) in [5.41, 5.74) is 3.10. The summed E-state index contributed by atoms with van der Waals surface area (Å²) in [5.74, 6) is 0.846. The van der Waals surface area contributed by atoms with Gasteiger partial charge in [0.2, 0.25) is 0 Å². The predicted octanol–water partition coefficient (Wildman–Crippen LogP) is 4.85. The fourth-order valence-electron chi connectivity index (χ4n) is 2.70. The first-order valence-electron chi connectivity index (χ1n) is 8.61. The predicted molar refractivity (Wildman–Crippen MR) is 108 cm³/mol. The zero-order valence-electron chi connectivity index (χ0n) is 14.4. The van der Waals surface area contributed by atoms with Gasteiger partial charge in [-0.15, -0.1) is 0 Å². The van der Waals surface area contributed by atoms with Crippen LogP contribution in [0.15, 0.2) is 83.3 Å². The van der Waals surface area contributed by atoms with E-state index in [1.54, 1.807) is 0 Å². The second-order valence-corrected chi connectivity index (χ2v) is 7.00. The van der Waals surface area contributed by atoms with E-state index in [9.17, 15) is 5.11 Å². The zero-order chi connectivity index (χ0) is 18.2. The largest absolute Gasteiger partial charge is 0.489 e. The molecule has 134 valence electrons. The highest BCUT2D eigenvalue weighted by Gasteiger charge is 2.09. The topological polar surface area (TPSA) is 41.5 Å². The Balaban J connectivity index is 1.59. The molecule has 0 aliphatic carbocycles. The van der Waals surface area contributed by atoms with Crippen molar-refractivity contribution in [3.8, 4) is 5.75 Å². The van der Waals surface area contributed by atoms with Gasteiger partial charge >= 0.3 is 0 Å². The molecule has 3 nitrogen and oxygen atoms in total. The van der Waals surface area contributed by atoms with Gasteiger partial charge in [-0.3, -0.25) is 0 Å². The van der Waals surface area contributed by atoms with Crippen LogP contribution in [0.3, 0.4) is 0 Å². The Labute approximate surface area is 162 Å². The Hall–Kier alpha value is -2.14. The van der Waals surface area contributed by atoms with E-state index in [-0.39, 0.29) is 0 Å². The van der Waals surface area contributed by atoms with Crippen molar-refractivity contribution < 1.29 is 9.84 Å². The molecule has 3 aromatic rings. The molecule has 1 atom stereocenters. The SMILES string of the molecule is OC(CNCc1cc(Br)ccc1OCc1ccccc1)c1ccccc1. The number of hydrogen-bond acceptors (Lipinski definition) is 3. The molecule has 26 heavy (non-hydrogen) atoms. The maximum absolute atomic E-state index is 10.3. The summed E-state index contributed by atoms with van der Waals surface area (Å²) in [4.78, 5) is 0. The lowest BCUT2D eigenvalue weighted by Crippen LogP contribution is -2.21. The molecule has 4 heteroatoms. The number of halogens is 1. The summed E-state index contributed by atoms with van der Waals surface area (Å²) < 4.78 is 7.00. The molecule has 0 bridgehead atoms. The van der Waals surface area contributed by atoms with E-state index < -0.39 is 6.10 Å². The fourth-order valence-corrected chi connectivity index (χ4v) is 3.11. The van der Waals surface area contributed by atoms with E-state index in [4.69, 9.17) is 4.74 Å². The van der Waals surface area contributed by atoms with E-state index in [1.807, 2.05) is 78.9 Å². The Morgan fingerprint density at radius 2 is 1.62 bits per heavy atom. The maximum atomic E-state index is 10.3. The van der Waals surface area contributed by atoms with E-state index in [2.05, 4.69) is 21.2 Å². The molecule has 2 N–H and O–H groups in total. The van der Waals surface area contributed by atoms with Crippen LogP contribution >= 0.6 is 15.9 Å². The van der Waals surface area contributed by atoms with Crippen molar-refractivity contribution in [3.05, 3.63) is 100 Å². The minimum absolute atomic E-state index is 0.481. The Morgan fingerprint density at radius 1 is 0.923 bits per heavy atom. The number of aliphatic hydroxyl groups excluding tert-OH is 1. The first-order chi connectivity index (χ1) is 12.7. The third-order valence-electron chi connectivity index (χ3n) is 4.10. The molecule has 0 aliphatic rings. The summed E-state index contributed by atoms with van der Waals surface area (Å²) >= 11 is 3.52. The second kappa shape index (κ2) is 9.53. The molecule has 3 aromatic carbocycles. The van der Waals surface area contributed by atoms with E-state index in [1.165, 1.54) is 0 Å². The van der Waals surface area contributed by atoms with Gasteiger partial charge in [0.1, 0.15) is 12.4 Å².